The first-order valence-electron chi connectivity index (χ1n) is 12.8. The van der Waals surface area contributed by atoms with Gasteiger partial charge in [0.15, 0.2) is 0 Å². The van der Waals surface area contributed by atoms with E-state index in [0.717, 1.165) is 5.75 Å². The number of benzene rings is 1. The summed E-state index contributed by atoms with van der Waals surface area (Å²) in [7, 11) is 0. The lowest BCUT2D eigenvalue weighted by atomic mass is 9.74. The Bertz CT molecular complexity index is 548. The summed E-state index contributed by atoms with van der Waals surface area (Å²) in [6, 6.07) is 8.94. The Morgan fingerprint density at radius 2 is 1.42 bits per heavy atom. The highest BCUT2D eigenvalue weighted by Crippen LogP contribution is 2.39. The molecule has 0 saturated heterocycles. The summed E-state index contributed by atoms with van der Waals surface area (Å²) < 4.78 is 6.25. The lowest BCUT2D eigenvalue weighted by Crippen LogP contribution is -2.28. The SMILES string of the molecule is CC(C)(C)CO.CCC.CCCC(c1ccc(OC2CCCCC2C)cc1)C(C)(C)C. The molecule has 2 rings (SSSR count). The maximum absolute atomic E-state index is 8.40. The molecule has 0 aromatic heterocycles. The average Bonchev–Trinajstić information content (AvgIpc) is 2.68. The maximum atomic E-state index is 8.40. The van der Waals surface area contributed by atoms with Crippen LogP contribution in [0.1, 0.15) is 126 Å². The van der Waals surface area contributed by atoms with Gasteiger partial charge in [0.2, 0.25) is 0 Å². The molecule has 0 radical (unpaired) electrons. The first kappa shape index (κ1) is 30.0. The Balaban J connectivity index is 0.000000848. The van der Waals surface area contributed by atoms with Crippen molar-refractivity contribution in [1.29, 1.82) is 0 Å². The molecule has 0 aliphatic heterocycles. The second kappa shape index (κ2) is 14.9. The van der Waals surface area contributed by atoms with E-state index in [2.05, 4.69) is 72.7 Å². The van der Waals surface area contributed by atoms with Gasteiger partial charge in [0.1, 0.15) is 11.9 Å². The van der Waals surface area contributed by atoms with Crippen LogP contribution in [0, 0.1) is 16.7 Å². The van der Waals surface area contributed by atoms with Crippen LogP contribution in [0.2, 0.25) is 0 Å². The van der Waals surface area contributed by atoms with Crippen LogP contribution in [0.25, 0.3) is 0 Å². The van der Waals surface area contributed by atoms with Crippen LogP contribution in [0.15, 0.2) is 24.3 Å². The van der Waals surface area contributed by atoms with E-state index in [1.54, 1.807) is 0 Å². The van der Waals surface area contributed by atoms with Gasteiger partial charge in [0.25, 0.3) is 0 Å². The van der Waals surface area contributed by atoms with Crippen LogP contribution < -0.4 is 4.74 Å². The molecule has 3 unspecified atom stereocenters. The number of aliphatic hydroxyl groups is 1. The Labute approximate surface area is 195 Å². The van der Waals surface area contributed by atoms with E-state index in [4.69, 9.17) is 9.84 Å². The second-order valence-electron chi connectivity index (χ2n) is 11.6. The van der Waals surface area contributed by atoms with Gasteiger partial charge < -0.3 is 9.84 Å². The minimum absolute atomic E-state index is 0.0972. The average molecular weight is 435 g/mol. The van der Waals surface area contributed by atoms with Crippen molar-refractivity contribution >= 4 is 0 Å². The molecule has 1 saturated carbocycles. The summed E-state index contributed by atoms with van der Waals surface area (Å²) in [5.41, 5.74) is 1.87. The fourth-order valence-corrected chi connectivity index (χ4v) is 3.80. The van der Waals surface area contributed by atoms with E-state index < -0.39 is 0 Å². The van der Waals surface area contributed by atoms with Crippen molar-refractivity contribution in [3.05, 3.63) is 29.8 Å². The molecule has 0 amide bonds. The highest BCUT2D eigenvalue weighted by atomic mass is 16.5. The highest BCUT2D eigenvalue weighted by molar-refractivity contribution is 5.30. The molecule has 1 aromatic carbocycles. The fraction of sp³-hybridized carbons (Fsp3) is 0.793. The van der Waals surface area contributed by atoms with Crippen molar-refractivity contribution in [3.63, 3.8) is 0 Å². The van der Waals surface area contributed by atoms with Gasteiger partial charge in [-0.3, -0.25) is 0 Å². The van der Waals surface area contributed by atoms with Crippen LogP contribution in [-0.2, 0) is 0 Å². The first-order valence-corrected chi connectivity index (χ1v) is 12.8. The standard InChI is InChI=1S/C21H34O.C5H12O.C3H8/c1-6-9-19(21(3,4)5)17-12-14-18(15-13-17)22-20-11-8-7-10-16(20)2;1-5(2,3)4-6;1-3-2/h12-16,19-20H,6-11H2,1-5H3;6H,4H2,1-3H3;3H2,1-2H3. The smallest absolute Gasteiger partial charge is 0.119 e. The van der Waals surface area contributed by atoms with Gasteiger partial charge in [0, 0.05) is 6.61 Å². The van der Waals surface area contributed by atoms with Crippen molar-refractivity contribution in [3.8, 4) is 5.75 Å². The largest absolute Gasteiger partial charge is 0.490 e. The van der Waals surface area contributed by atoms with Crippen molar-refractivity contribution in [2.75, 3.05) is 6.61 Å². The molecule has 1 N–H and O–H groups in total. The van der Waals surface area contributed by atoms with Crippen LogP contribution >= 0.6 is 0 Å². The summed E-state index contributed by atoms with van der Waals surface area (Å²) in [5.74, 6) is 2.36. The van der Waals surface area contributed by atoms with E-state index in [-0.39, 0.29) is 12.0 Å². The van der Waals surface area contributed by atoms with E-state index in [0.29, 0.717) is 23.4 Å². The second-order valence-corrected chi connectivity index (χ2v) is 11.6. The normalized spacial score (nSPS) is 20.0. The van der Waals surface area contributed by atoms with E-state index in [1.807, 2.05) is 20.8 Å². The van der Waals surface area contributed by atoms with Gasteiger partial charge in [0.05, 0.1) is 0 Å². The molecule has 2 nitrogen and oxygen atoms in total. The highest BCUT2D eigenvalue weighted by Gasteiger charge is 2.26. The minimum Gasteiger partial charge on any atom is -0.490 e. The molecule has 3 atom stereocenters. The zero-order valence-corrected chi connectivity index (χ0v) is 22.6. The van der Waals surface area contributed by atoms with Crippen molar-refractivity contribution in [2.45, 2.75) is 126 Å². The molecule has 1 aliphatic carbocycles. The van der Waals surface area contributed by atoms with Crippen molar-refractivity contribution in [1.82, 2.24) is 0 Å². The lowest BCUT2D eigenvalue weighted by molar-refractivity contribution is 0.102. The Morgan fingerprint density at radius 1 is 0.935 bits per heavy atom. The summed E-state index contributed by atoms with van der Waals surface area (Å²) in [6.45, 7) is 22.2. The van der Waals surface area contributed by atoms with Crippen molar-refractivity contribution < 1.29 is 9.84 Å². The Hall–Kier alpha value is -1.02. The molecule has 0 spiro atoms. The Kier molecular flexibility index (Phi) is 14.4. The molecule has 1 aromatic rings. The zero-order valence-electron chi connectivity index (χ0n) is 22.6. The van der Waals surface area contributed by atoms with E-state index in [1.165, 1.54) is 50.5 Å². The minimum atomic E-state index is 0.0972. The molecule has 1 fully saturated rings. The third kappa shape index (κ3) is 13.2. The number of aliphatic hydroxyl groups excluding tert-OH is 1. The lowest BCUT2D eigenvalue weighted by Gasteiger charge is -2.32. The van der Waals surface area contributed by atoms with Crippen LogP contribution in [0.3, 0.4) is 0 Å². The van der Waals surface area contributed by atoms with E-state index in [9.17, 15) is 0 Å². The number of hydrogen-bond acceptors (Lipinski definition) is 2. The molecular weight excluding hydrogens is 380 g/mol. The molecule has 1 aliphatic rings. The first-order chi connectivity index (χ1) is 14.4. The Morgan fingerprint density at radius 3 is 1.81 bits per heavy atom. The van der Waals surface area contributed by atoms with Gasteiger partial charge in [-0.05, 0) is 66.0 Å². The van der Waals surface area contributed by atoms with Crippen molar-refractivity contribution in [2.24, 2.45) is 16.7 Å². The topological polar surface area (TPSA) is 29.5 Å². The summed E-state index contributed by atoms with van der Waals surface area (Å²) >= 11 is 0. The molecule has 0 heterocycles. The van der Waals surface area contributed by atoms with Crippen LogP contribution in [0.4, 0.5) is 0 Å². The maximum Gasteiger partial charge on any atom is 0.119 e. The zero-order chi connectivity index (χ0) is 24.1. The van der Waals surface area contributed by atoms with E-state index >= 15 is 0 Å². The van der Waals surface area contributed by atoms with Crippen LogP contribution in [-0.4, -0.2) is 17.8 Å². The predicted molar refractivity (Wildman–Crippen MR) is 138 cm³/mol. The number of rotatable bonds is 5. The summed E-state index contributed by atoms with van der Waals surface area (Å²) in [5, 5.41) is 8.40. The monoisotopic (exact) mass is 434 g/mol. The molecule has 31 heavy (non-hydrogen) atoms. The van der Waals surface area contributed by atoms with Gasteiger partial charge >= 0.3 is 0 Å². The molecule has 0 bridgehead atoms. The van der Waals surface area contributed by atoms with Gasteiger partial charge in [-0.15, -0.1) is 0 Å². The summed E-state index contributed by atoms with van der Waals surface area (Å²) in [4.78, 5) is 0. The third-order valence-corrected chi connectivity index (χ3v) is 5.70. The van der Waals surface area contributed by atoms with Gasteiger partial charge in [-0.2, -0.15) is 0 Å². The number of ether oxygens (including phenoxy) is 1. The summed E-state index contributed by atoms with van der Waals surface area (Å²) in [6.07, 6.45) is 9.35. The van der Waals surface area contributed by atoms with Gasteiger partial charge in [-0.25, -0.2) is 0 Å². The van der Waals surface area contributed by atoms with Gasteiger partial charge in [-0.1, -0.05) is 101 Å². The molecular formula is C29H54O2. The quantitative estimate of drug-likeness (QED) is 0.501. The molecule has 2 heteroatoms. The third-order valence-electron chi connectivity index (χ3n) is 5.70. The fourth-order valence-electron chi connectivity index (χ4n) is 3.80. The predicted octanol–water partition coefficient (Wildman–Crippen LogP) is 9.02. The molecule has 182 valence electrons. The van der Waals surface area contributed by atoms with Crippen LogP contribution in [0.5, 0.6) is 5.75 Å². The number of hydrogen-bond donors (Lipinski definition) is 1.